The van der Waals surface area contributed by atoms with Gasteiger partial charge < -0.3 is 15.5 Å². The third-order valence-corrected chi connectivity index (χ3v) is 4.17. The van der Waals surface area contributed by atoms with Crippen molar-refractivity contribution in [3.63, 3.8) is 0 Å². The van der Waals surface area contributed by atoms with Gasteiger partial charge in [-0.3, -0.25) is 4.79 Å². The van der Waals surface area contributed by atoms with E-state index in [2.05, 4.69) is 4.90 Å². The van der Waals surface area contributed by atoms with Crippen molar-refractivity contribution in [2.24, 2.45) is 11.7 Å². The third kappa shape index (κ3) is 6.68. The van der Waals surface area contributed by atoms with Gasteiger partial charge in [0.15, 0.2) is 0 Å². The maximum absolute atomic E-state index is 12.9. The van der Waals surface area contributed by atoms with E-state index in [-0.39, 0.29) is 42.7 Å². The summed E-state index contributed by atoms with van der Waals surface area (Å²) in [5.41, 5.74) is 7.03. The molecule has 2 N–H and O–H groups in total. The second-order valence-electron chi connectivity index (χ2n) is 6.25. The number of para-hydroxylation sites is 1. The molecule has 132 valence electrons. The van der Waals surface area contributed by atoms with Crippen LogP contribution in [0.5, 0.6) is 0 Å². The molecule has 0 radical (unpaired) electrons. The molecule has 1 aromatic rings. The largest absolute Gasteiger partial charge is 0.328 e. The van der Waals surface area contributed by atoms with Crippen molar-refractivity contribution in [2.45, 2.75) is 31.7 Å². The summed E-state index contributed by atoms with van der Waals surface area (Å²) in [4.78, 5) is 16.9. The number of benzene rings is 1. The summed E-state index contributed by atoms with van der Waals surface area (Å²) in [5, 5.41) is 0. The average molecular weight is 362 g/mol. The van der Waals surface area contributed by atoms with Crippen molar-refractivity contribution in [1.29, 1.82) is 0 Å². The van der Waals surface area contributed by atoms with Gasteiger partial charge in [-0.15, -0.1) is 24.8 Å². The second-order valence-corrected chi connectivity index (χ2v) is 6.25. The van der Waals surface area contributed by atoms with Crippen LogP contribution in [0.4, 0.5) is 5.69 Å². The van der Waals surface area contributed by atoms with Gasteiger partial charge in [0.2, 0.25) is 5.91 Å². The summed E-state index contributed by atoms with van der Waals surface area (Å²) in [7, 11) is 4.06. The van der Waals surface area contributed by atoms with Crippen molar-refractivity contribution in [1.82, 2.24) is 4.90 Å². The number of likely N-dealkylation sites (N-methyl/N-ethyl adjacent to an activating group) is 1. The number of carbonyl (C=O) groups excluding carboxylic acids is 1. The van der Waals surface area contributed by atoms with Gasteiger partial charge in [0.05, 0.1) is 0 Å². The van der Waals surface area contributed by atoms with Crippen LogP contribution in [-0.2, 0) is 4.79 Å². The zero-order chi connectivity index (χ0) is 15.2. The number of rotatable bonds is 5. The summed E-state index contributed by atoms with van der Waals surface area (Å²) in [6.07, 6.45) is 3.91. The van der Waals surface area contributed by atoms with Crippen LogP contribution in [0.1, 0.15) is 25.7 Å². The van der Waals surface area contributed by atoms with Crippen LogP contribution in [0.3, 0.4) is 0 Å². The van der Waals surface area contributed by atoms with E-state index >= 15 is 0 Å². The van der Waals surface area contributed by atoms with E-state index < -0.39 is 0 Å². The highest BCUT2D eigenvalue weighted by atomic mass is 35.5. The molecule has 2 unspecified atom stereocenters. The number of nitrogens with two attached hydrogens (primary N) is 1. The fraction of sp³-hybridized carbons (Fsp3) is 0.588. The Bertz CT molecular complexity index is 456. The molecule has 4 nitrogen and oxygen atoms in total. The van der Waals surface area contributed by atoms with Crippen molar-refractivity contribution in [2.75, 3.05) is 32.1 Å². The van der Waals surface area contributed by atoms with Gasteiger partial charge in [0.25, 0.3) is 0 Å². The SMILES string of the molecule is CN(C)CCN(C(=O)C1CCCC(N)C1)c1ccccc1.Cl.Cl. The number of hydrogen-bond acceptors (Lipinski definition) is 3. The second kappa shape index (κ2) is 10.9. The zero-order valence-electron chi connectivity index (χ0n) is 14.0. The van der Waals surface area contributed by atoms with Crippen molar-refractivity contribution < 1.29 is 4.79 Å². The number of anilines is 1. The molecule has 1 aromatic carbocycles. The minimum Gasteiger partial charge on any atom is -0.328 e. The first-order valence-electron chi connectivity index (χ1n) is 7.84. The molecular formula is C17H29Cl2N3O. The van der Waals surface area contributed by atoms with Crippen LogP contribution < -0.4 is 10.6 Å². The molecular weight excluding hydrogens is 333 g/mol. The molecule has 6 heteroatoms. The Morgan fingerprint density at radius 2 is 1.78 bits per heavy atom. The minimum atomic E-state index is 0. The Kier molecular flexibility index (Phi) is 10.5. The lowest BCUT2D eigenvalue weighted by Gasteiger charge is -2.32. The first-order valence-corrected chi connectivity index (χ1v) is 7.84. The summed E-state index contributed by atoms with van der Waals surface area (Å²) < 4.78 is 0. The molecule has 0 bridgehead atoms. The molecule has 1 aliphatic rings. The van der Waals surface area contributed by atoms with Crippen molar-refractivity contribution >= 4 is 36.4 Å². The highest BCUT2D eigenvalue weighted by molar-refractivity contribution is 5.95. The maximum Gasteiger partial charge on any atom is 0.230 e. The fourth-order valence-corrected chi connectivity index (χ4v) is 2.95. The summed E-state index contributed by atoms with van der Waals surface area (Å²) >= 11 is 0. The standard InChI is InChI=1S/C17H27N3O.2ClH/c1-19(2)11-12-20(16-9-4-3-5-10-16)17(21)14-7-6-8-15(18)13-14;;/h3-5,9-10,14-15H,6-8,11-13,18H2,1-2H3;2*1H. The normalized spacial score (nSPS) is 20.3. The molecule has 0 saturated heterocycles. The maximum atomic E-state index is 12.9. The molecule has 23 heavy (non-hydrogen) atoms. The van der Waals surface area contributed by atoms with E-state index in [1.165, 1.54) is 0 Å². The monoisotopic (exact) mass is 361 g/mol. The Labute approximate surface area is 152 Å². The van der Waals surface area contributed by atoms with Gasteiger partial charge in [-0.2, -0.15) is 0 Å². The molecule has 0 spiro atoms. The van der Waals surface area contributed by atoms with Crippen LogP contribution in [0.15, 0.2) is 30.3 Å². The van der Waals surface area contributed by atoms with E-state index in [0.717, 1.165) is 44.5 Å². The van der Waals surface area contributed by atoms with Gasteiger partial charge >= 0.3 is 0 Å². The van der Waals surface area contributed by atoms with E-state index in [9.17, 15) is 4.79 Å². The van der Waals surface area contributed by atoms with Crippen molar-refractivity contribution in [3.05, 3.63) is 30.3 Å². The molecule has 1 fully saturated rings. The smallest absolute Gasteiger partial charge is 0.230 e. The Hall–Kier alpha value is -0.810. The third-order valence-electron chi connectivity index (χ3n) is 4.17. The number of halogens is 2. The Balaban J connectivity index is 0.00000242. The average Bonchev–Trinajstić information content (AvgIpc) is 2.48. The van der Waals surface area contributed by atoms with Gasteiger partial charge in [0.1, 0.15) is 0 Å². The summed E-state index contributed by atoms with van der Waals surface area (Å²) in [6, 6.07) is 10.1. The molecule has 0 aromatic heterocycles. The lowest BCUT2D eigenvalue weighted by molar-refractivity contribution is -0.123. The Morgan fingerprint density at radius 1 is 1.13 bits per heavy atom. The van der Waals surface area contributed by atoms with Crippen LogP contribution >= 0.6 is 24.8 Å². The topological polar surface area (TPSA) is 49.6 Å². The molecule has 1 amide bonds. The molecule has 0 aliphatic heterocycles. The highest BCUT2D eigenvalue weighted by Crippen LogP contribution is 2.27. The van der Waals surface area contributed by atoms with E-state index in [4.69, 9.17) is 5.73 Å². The Morgan fingerprint density at radius 3 is 2.35 bits per heavy atom. The van der Waals surface area contributed by atoms with E-state index in [1.54, 1.807) is 0 Å². The molecule has 1 saturated carbocycles. The van der Waals surface area contributed by atoms with Crippen LogP contribution in [-0.4, -0.2) is 44.0 Å². The molecule has 2 rings (SSSR count). The van der Waals surface area contributed by atoms with Crippen molar-refractivity contribution in [3.8, 4) is 0 Å². The van der Waals surface area contributed by atoms with E-state index in [1.807, 2.05) is 49.3 Å². The number of nitrogens with zero attached hydrogens (tertiary/aromatic N) is 2. The predicted molar refractivity (Wildman–Crippen MR) is 102 cm³/mol. The quantitative estimate of drug-likeness (QED) is 0.876. The van der Waals surface area contributed by atoms with Gasteiger partial charge in [-0.25, -0.2) is 0 Å². The highest BCUT2D eigenvalue weighted by Gasteiger charge is 2.29. The molecule has 1 aliphatic carbocycles. The lowest BCUT2D eigenvalue weighted by Crippen LogP contribution is -2.43. The predicted octanol–water partition coefficient (Wildman–Crippen LogP) is 2.94. The fourth-order valence-electron chi connectivity index (χ4n) is 2.95. The van der Waals surface area contributed by atoms with Gasteiger partial charge in [0, 0.05) is 30.7 Å². The molecule has 2 atom stereocenters. The lowest BCUT2D eigenvalue weighted by atomic mass is 9.85. The first kappa shape index (κ1) is 22.2. The summed E-state index contributed by atoms with van der Waals surface area (Å²) in [5.74, 6) is 0.314. The number of carbonyl (C=O) groups is 1. The van der Waals surface area contributed by atoms with Crippen LogP contribution in [0, 0.1) is 5.92 Å². The van der Waals surface area contributed by atoms with E-state index in [0.29, 0.717) is 0 Å². The zero-order valence-corrected chi connectivity index (χ0v) is 15.6. The summed E-state index contributed by atoms with van der Waals surface area (Å²) in [6.45, 7) is 1.58. The van der Waals surface area contributed by atoms with Gasteiger partial charge in [-0.1, -0.05) is 24.6 Å². The van der Waals surface area contributed by atoms with Gasteiger partial charge in [-0.05, 0) is 45.5 Å². The number of amides is 1. The minimum absolute atomic E-state index is 0. The molecule has 0 heterocycles. The number of hydrogen-bond donors (Lipinski definition) is 1. The van der Waals surface area contributed by atoms with Crippen LogP contribution in [0.2, 0.25) is 0 Å². The first-order chi connectivity index (χ1) is 10.1. The van der Waals surface area contributed by atoms with Crippen LogP contribution in [0.25, 0.3) is 0 Å².